The Kier molecular flexibility index (Phi) is 7.77. The second kappa shape index (κ2) is 9.07. The van der Waals surface area contributed by atoms with Gasteiger partial charge in [-0.2, -0.15) is 4.31 Å². The lowest BCUT2D eigenvalue weighted by atomic mass is 10.3. The van der Waals surface area contributed by atoms with Crippen molar-refractivity contribution in [3.63, 3.8) is 0 Å². The van der Waals surface area contributed by atoms with Crippen molar-refractivity contribution in [3.8, 4) is 0 Å². The number of nitrogens with zero attached hydrogens (tertiary/aromatic N) is 3. The van der Waals surface area contributed by atoms with Gasteiger partial charge in [-0.15, -0.1) is 0 Å². The van der Waals surface area contributed by atoms with E-state index in [1.165, 1.54) is 4.31 Å². The van der Waals surface area contributed by atoms with Crippen LogP contribution in [0.1, 0.15) is 26.7 Å². The van der Waals surface area contributed by atoms with Gasteiger partial charge >= 0.3 is 6.09 Å². The van der Waals surface area contributed by atoms with E-state index in [4.69, 9.17) is 4.74 Å². The molecule has 9 heteroatoms. The first-order valence-electron chi connectivity index (χ1n) is 7.94. The number of ether oxygens (including phenoxy) is 1. The molecule has 2 amide bonds. The highest BCUT2D eigenvalue weighted by Crippen LogP contribution is 2.07. The number of rotatable bonds is 7. The van der Waals surface area contributed by atoms with Crippen LogP contribution in [0.5, 0.6) is 0 Å². The minimum Gasteiger partial charge on any atom is -0.450 e. The Morgan fingerprint density at radius 3 is 2.13 bits per heavy atom. The molecule has 0 bridgehead atoms. The van der Waals surface area contributed by atoms with Crippen molar-refractivity contribution in [3.05, 3.63) is 0 Å². The van der Waals surface area contributed by atoms with Gasteiger partial charge in [0, 0.05) is 32.7 Å². The van der Waals surface area contributed by atoms with Crippen LogP contribution in [0.15, 0.2) is 0 Å². The molecule has 0 N–H and O–H groups in total. The molecule has 8 nitrogen and oxygen atoms in total. The molecule has 0 aromatic heterocycles. The summed E-state index contributed by atoms with van der Waals surface area (Å²) >= 11 is 0. The molecule has 23 heavy (non-hydrogen) atoms. The molecule has 0 aliphatic carbocycles. The Hall–Kier alpha value is -1.35. The molecule has 0 unspecified atom stereocenters. The summed E-state index contributed by atoms with van der Waals surface area (Å²) < 4.78 is 29.7. The molecular formula is C14H27N3O5S. The number of amides is 2. The van der Waals surface area contributed by atoms with Crippen molar-refractivity contribution in [1.82, 2.24) is 14.1 Å². The number of piperazine rings is 1. The number of hydrogen-bond donors (Lipinski definition) is 0. The van der Waals surface area contributed by atoms with E-state index < -0.39 is 10.0 Å². The minimum atomic E-state index is -3.40. The van der Waals surface area contributed by atoms with Crippen LogP contribution in [-0.2, 0) is 19.6 Å². The lowest BCUT2D eigenvalue weighted by molar-refractivity contribution is -0.133. The van der Waals surface area contributed by atoms with Crippen molar-refractivity contribution >= 4 is 22.0 Å². The molecule has 134 valence electrons. The maximum absolute atomic E-state index is 12.3. The van der Waals surface area contributed by atoms with Crippen molar-refractivity contribution < 1.29 is 22.7 Å². The molecule has 0 aromatic rings. The molecule has 1 saturated heterocycles. The molecule has 0 aromatic carbocycles. The van der Waals surface area contributed by atoms with E-state index >= 15 is 0 Å². The van der Waals surface area contributed by atoms with Crippen LogP contribution in [0, 0.1) is 0 Å². The summed E-state index contributed by atoms with van der Waals surface area (Å²) in [7, 11) is -3.40. The van der Waals surface area contributed by atoms with Crippen LogP contribution in [0.25, 0.3) is 0 Å². The fraction of sp³-hybridized carbons (Fsp3) is 0.857. The molecule has 1 rings (SSSR count). The molecule has 0 atom stereocenters. The normalized spacial score (nSPS) is 15.8. The molecule has 1 fully saturated rings. The van der Waals surface area contributed by atoms with E-state index in [0.717, 1.165) is 19.1 Å². The molecular weight excluding hydrogens is 322 g/mol. The first-order valence-corrected chi connectivity index (χ1v) is 9.79. The van der Waals surface area contributed by atoms with E-state index in [2.05, 4.69) is 0 Å². The number of carbonyl (C=O) groups is 2. The lowest BCUT2D eigenvalue weighted by Gasteiger charge is -2.35. The summed E-state index contributed by atoms with van der Waals surface area (Å²) in [5.41, 5.74) is 0. The Morgan fingerprint density at radius 2 is 1.65 bits per heavy atom. The summed E-state index contributed by atoms with van der Waals surface area (Å²) in [4.78, 5) is 27.1. The smallest absolute Gasteiger partial charge is 0.409 e. The van der Waals surface area contributed by atoms with Gasteiger partial charge in [0.1, 0.15) is 0 Å². The first-order chi connectivity index (χ1) is 10.8. The van der Waals surface area contributed by atoms with Crippen LogP contribution >= 0.6 is 0 Å². The molecule has 0 spiro atoms. The molecule has 0 saturated carbocycles. The fourth-order valence-corrected chi connectivity index (χ4v) is 3.11. The average Bonchev–Trinajstić information content (AvgIpc) is 2.50. The van der Waals surface area contributed by atoms with Gasteiger partial charge in [-0.05, 0) is 13.3 Å². The molecule has 1 aliphatic rings. The van der Waals surface area contributed by atoms with Crippen LogP contribution in [-0.4, -0.2) is 86.7 Å². The van der Waals surface area contributed by atoms with Gasteiger partial charge in [0.2, 0.25) is 15.9 Å². The van der Waals surface area contributed by atoms with E-state index in [1.54, 1.807) is 16.7 Å². The van der Waals surface area contributed by atoms with Crippen LogP contribution in [0.3, 0.4) is 0 Å². The summed E-state index contributed by atoms with van der Waals surface area (Å²) in [6, 6.07) is 0. The molecule has 1 heterocycles. The van der Waals surface area contributed by atoms with Gasteiger partial charge in [0.05, 0.1) is 19.4 Å². The van der Waals surface area contributed by atoms with Gasteiger partial charge in [-0.3, -0.25) is 4.79 Å². The standard InChI is InChI=1S/C14H27N3O5S/c1-4-6-7-17(23(3,20)21)12-13(18)15-8-10-16(11-9-15)14(19)22-5-2/h4-12H2,1-3H3. The number of hydrogen-bond acceptors (Lipinski definition) is 5. The third kappa shape index (κ3) is 6.34. The van der Waals surface area contributed by atoms with Crippen molar-refractivity contribution in [2.75, 3.05) is 52.1 Å². The van der Waals surface area contributed by atoms with Gasteiger partial charge in [0.25, 0.3) is 0 Å². The maximum Gasteiger partial charge on any atom is 0.409 e. The van der Waals surface area contributed by atoms with Crippen LogP contribution in [0.4, 0.5) is 4.79 Å². The monoisotopic (exact) mass is 349 g/mol. The van der Waals surface area contributed by atoms with Gasteiger partial charge in [-0.1, -0.05) is 13.3 Å². The van der Waals surface area contributed by atoms with E-state index in [1.807, 2.05) is 6.92 Å². The number of unbranched alkanes of at least 4 members (excludes halogenated alkanes) is 1. The highest BCUT2D eigenvalue weighted by molar-refractivity contribution is 7.88. The zero-order chi connectivity index (χ0) is 17.5. The van der Waals surface area contributed by atoms with E-state index in [0.29, 0.717) is 39.3 Å². The average molecular weight is 349 g/mol. The maximum atomic E-state index is 12.3. The van der Waals surface area contributed by atoms with E-state index in [-0.39, 0.29) is 18.5 Å². The van der Waals surface area contributed by atoms with Gasteiger partial charge in [-0.25, -0.2) is 13.2 Å². The fourth-order valence-electron chi connectivity index (χ4n) is 2.30. The predicted molar refractivity (Wildman–Crippen MR) is 86.5 cm³/mol. The largest absolute Gasteiger partial charge is 0.450 e. The third-order valence-electron chi connectivity index (χ3n) is 3.70. The Bertz CT molecular complexity index is 501. The zero-order valence-electron chi connectivity index (χ0n) is 14.2. The summed E-state index contributed by atoms with van der Waals surface area (Å²) in [6.45, 7) is 5.83. The quantitative estimate of drug-likeness (QED) is 0.662. The van der Waals surface area contributed by atoms with Gasteiger partial charge in [0.15, 0.2) is 0 Å². The summed E-state index contributed by atoms with van der Waals surface area (Å²) in [5.74, 6) is -0.227. The number of sulfonamides is 1. The predicted octanol–water partition coefficient (Wildman–Crippen LogP) is 0.349. The Morgan fingerprint density at radius 1 is 1.09 bits per heavy atom. The van der Waals surface area contributed by atoms with Crippen molar-refractivity contribution in [1.29, 1.82) is 0 Å². The number of carbonyl (C=O) groups excluding carboxylic acids is 2. The molecule has 1 aliphatic heterocycles. The second-order valence-electron chi connectivity index (χ2n) is 5.52. The summed E-state index contributed by atoms with van der Waals surface area (Å²) in [5, 5.41) is 0. The Balaban J connectivity index is 2.53. The van der Waals surface area contributed by atoms with Crippen molar-refractivity contribution in [2.24, 2.45) is 0 Å². The third-order valence-corrected chi connectivity index (χ3v) is 4.95. The van der Waals surface area contributed by atoms with Gasteiger partial charge < -0.3 is 14.5 Å². The SMILES string of the molecule is CCCCN(CC(=O)N1CCN(C(=O)OCC)CC1)S(C)(=O)=O. The van der Waals surface area contributed by atoms with E-state index in [9.17, 15) is 18.0 Å². The topological polar surface area (TPSA) is 87.2 Å². The van der Waals surface area contributed by atoms with Crippen molar-refractivity contribution in [2.45, 2.75) is 26.7 Å². The lowest BCUT2D eigenvalue weighted by Crippen LogP contribution is -2.53. The first kappa shape index (κ1) is 19.7. The highest BCUT2D eigenvalue weighted by atomic mass is 32.2. The highest BCUT2D eigenvalue weighted by Gasteiger charge is 2.27. The minimum absolute atomic E-state index is 0.141. The van der Waals surface area contributed by atoms with Crippen LogP contribution in [0.2, 0.25) is 0 Å². The zero-order valence-corrected chi connectivity index (χ0v) is 15.0. The Labute approximate surface area is 138 Å². The molecule has 0 radical (unpaired) electrons. The second-order valence-corrected chi connectivity index (χ2v) is 7.50. The van der Waals surface area contributed by atoms with Crippen LogP contribution < -0.4 is 0 Å². The summed E-state index contributed by atoms with van der Waals surface area (Å²) in [6.07, 6.45) is 2.32.